The number of fused-ring (bicyclic) bond motifs is 1. The predicted octanol–water partition coefficient (Wildman–Crippen LogP) is 5.91. The van der Waals surface area contributed by atoms with Crippen molar-refractivity contribution < 1.29 is 0 Å². The van der Waals surface area contributed by atoms with Crippen LogP contribution >= 0.6 is 0 Å². The monoisotopic (exact) mass is 303 g/mol. The van der Waals surface area contributed by atoms with Crippen molar-refractivity contribution in [1.29, 1.82) is 0 Å². The van der Waals surface area contributed by atoms with E-state index in [-0.39, 0.29) is 0 Å². The van der Waals surface area contributed by atoms with Crippen molar-refractivity contribution in [2.24, 2.45) is 0 Å². The summed E-state index contributed by atoms with van der Waals surface area (Å²) in [5.74, 6) is 0.791. The summed E-state index contributed by atoms with van der Waals surface area (Å²) in [5, 5.41) is 0. The van der Waals surface area contributed by atoms with Crippen LogP contribution in [0.15, 0.2) is 55.2 Å². The summed E-state index contributed by atoms with van der Waals surface area (Å²) in [5.41, 5.74) is 6.98. The highest BCUT2D eigenvalue weighted by Crippen LogP contribution is 2.35. The molecule has 1 nitrogen and oxygen atoms in total. The van der Waals surface area contributed by atoms with Crippen molar-refractivity contribution in [2.75, 3.05) is 11.4 Å². The molecule has 23 heavy (non-hydrogen) atoms. The van der Waals surface area contributed by atoms with Crippen molar-refractivity contribution >= 4 is 5.69 Å². The van der Waals surface area contributed by atoms with E-state index in [0.717, 1.165) is 18.9 Å². The molecular formula is C22H25N. The second-order valence-electron chi connectivity index (χ2n) is 6.93. The normalized spacial score (nSPS) is 18.0. The SMILES string of the molecule is C=CN1CCc2cc(-c3ccc(C4CCCCC4)cc3)ccc21. The van der Waals surface area contributed by atoms with Gasteiger partial charge in [-0.2, -0.15) is 0 Å². The fourth-order valence-corrected chi connectivity index (χ4v) is 4.18. The van der Waals surface area contributed by atoms with Crippen molar-refractivity contribution in [3.05, 3.63) is 66.4 Å². The van der Waals surface area contributed by atoms with Gasteiger partial charge in [0.25, 0.3) is 0 Å². The number of hydrogen-bond donors (Lipinski definition) is 0. The average molecular weight is 303 g/mol. The lowest BCUT2D eigenvalue weighted by Crippen LogP contribution is -2.10. The van der Waals surface area contributed by atoms with Crippen molar-refractivity contribution in [1.82, 2.24) is 0 Å². The Morgan fingerprint density at radius 3 is 2.39 bits per heavy atom. The molecule has 2 aromatic carbocycles. The van der Waals surface area contributed by atoms with Crippen LogP contribution in [-0.4, -0.2) is 6.54 Å². The Morgan fingerprint density at radius 1 is 0.913 bits per heavy atom. The minimum atomic E-state index is 0.791. The summed E-state index contributed by atoms with van der Waals surface area (Å²) < 4.78 is 0. The molecule has 2 aromatic rings. The van der Waals surface area contributed by atoms with E-state index in [0.29, 0.717) is 0 Å². The van der Waals surface area contributed by atoms with Crippen LogP contribution in [0.4, 0.5) is 5.69 Å². The number of nitrogens with zero attached hydrogens (tertiary/aromatic N) is 1. The van der Waals surface area contributed by atoms with Crippen LogP contribution in [0.5, 0.6) is 0 Å². The van der Waals surface area contributed by atoms with Crippen LogP contribution in [0.25, 0.3) is 11.1 Å². The summed E-state index contributed by atoms with van der Waals surface area (Å²) in [4.78, 5) is 2.24. The number of rotatable bonds is 3. The maximum atomic E-state index is 3.90. The second kappa shape index (κ2) is 6.23. The van der Waals surface area contributed by atoms with E-state index < -0.39 is 0 Å². The van der Waals surface area contributed by atoms with Crippen molar-refractivity contribution in [3.63, 3.8) is 0 Å². The molecule has 0 atom stereocenters. The molecule has 1 fully saturated rings. The molecule has 0 amide bonds. The van der Waals surface area contributed by atoms with E-state index in [1.807, 2.05) is 6.20 Å². The third kappa shape index (κ3) is 2.81. The quantitative estimate of drug-likeness (QED) is 0.681. The van der Waals surface area contributed by atoms with E-state index >= 15 is 0 Å². The standard InChI is InChI=1S/C22H25N/c1-2-23-15-14-21-16-20(12-13-22(21)23)19-10-8-18(9-11-19)17-6-4-3-5-7-17/h2,8-13,16-17H,1,3-7,14-15H2. The Kier molecular flexibility index (Phi) is 3.95. The Labute approximate surface area is 139 Å². The molecule has 4 rings (SSSR count). The van der Waals surface area contributed by atoms with Gasteiger partial charge in [-0.25, -0.2) is 0 Å². The maximum Gasteiger partial charge on any atom is 0.0439 e. The van der Waals surface area contributed by atoms with Gasteiger partial charge in [-0.05, 0) is 65.8 Å². The van der Waals surface area contributed by atoms with E-state index in [1.165, 1.54) is 60.0 Å². The average Bonchev–Trinajstić information content (AvgIpc) is 3.05. The van der Waals surface area contributed by atoms with Crippen LogP contribution < -0.4 is 4.90 Å². The molecule has 1 aliphatic heterocycles. The highest BCUT2D eigenvalue weighted by atomic mass is 15.1. The largest absolute Gasteiger partial charge is 0.348 e. The van der Waals surface area contributed by atoms with Gasteiger partial charge in [-0.3, -0.25) is 0 Å². The lowest BCUT2D eigenvalue weighted by Gasteiger charge is -2.22. The van der Waals surface area contributed by atoms with Gasteiger partial charge in [0.05, 0.1) is 0 Å². The fourth-order valence-electron chi connectivity index (χ4n) is 4.18. The number of benzene rings is 2. The Hall–Kier alpha value is -2.02. The molecule has 0 aromatic heterocycles. The minimum Gasteiger partial charge on any atom is -0.348 e. The molecule has 0 radical (unpaired) electrons. The first-order valence-electron chi connectivity index (χ1n) is 8.97. The highest BCUT2D eigenvalue weighted by molar-refractivity contribution is 5.71. The smallest absolute Gasteiger partial charge is 0.0439 e. The zero-order valence-electron chi connectivity index (χ0n) is 13.8. The number of hydrogen-bond acceptors (Lipinski definition) is 1. The molecule has 0 N–H and O–H groups in total. The summed E-state index contributed by atoms with van der Waals surface area (Å²) in [6.45, 7) is 4.96. The Balaban J connectivity index is 1.57. The fraction of sp³-hybridized carbons (Fsp3) is 0.364. The summed E-state index contributed by atoms with van der Waals surface area (Å²) in [7, 11) is 0. The molecule has 2 aliphatic rings. The molecule has 1 heterocycles. The highest BCUT2D eigenvalue weighted by Gasteiger charge is 2.18. The van der Waals surface area contributed by atoms with Gasteiger partial charge in [0, 0.05) is 12.2 Å². The molecule has 1 heteroatoms. The van der Waals surface area contributed by atoms with E-state index in [4.69, 9.17) is 0 Å². The summed E-state index contributed by atoms with van der Waals surface area (Å²) >= 11 is 0. The zero-order chi connectivity index (χ0) is 15.6. The van der Waals surface area contributed by atoms with Gasteiger partial charge in [0.2, 0.25) is 0 Å². The van der Waals surface area contributed by atoms with Crippen LogP contribution in [0.3, 0.4) is 0 Å². The molecule has 0 spiro atoms. The van der Waals surface area contributed by atoms with Gasteiger partial charge in [-0.1, -0.05) is 56.2 Å². The van der Waals surface area contributed by atoms with Gasteiger partial charge < -0.3 is 4.90 Å². The topological polar surface area (TPSA) is 3.24 Å². The minimum absolute atomic E-state index is 0.791. The first-order chi connectivity index (χ1) is 11.3. The predicted molar refractivity (Wildman–Crippen MR) is 99.0 cm³/mol. The lowest BCUT2D eigenvalue weighted by molar-refractivity contribution is 0.443. The molecule has 1 aliphatic carbocycles. The Bertz CT molecular complexity index is 692. The van der Waals surface area contributed by atoms with E-state index in [9.17, 15) is 0 Å². The van der Waals surface area contributed by atoms with Crippen LogP contribution in [0.1, 0.15) is 49.1 Å². The Morgan fingerprint density at radius 2 is 1.65 bits per heavy atom. The van der Waals surface area contributed by atoms with Gasteiger partial charge >= 0.3 is 0 Å². The van der Waals surface area contributed by atoms with Crippen LogP contribution in [0.2, 0.25) is 0 Å². The number of anilines is 1. The van der Waals surface area contributed by atoms with Crippen molar-refractivity contribution in [3.8, 4) is 11.1 Å². The molecule has 0 bridgehead atoms. The second-order valence-corrected chi connectivity index (χ2v) is 6.93. The first kappa shape index (κ1) is 14.6. The van der Waals surface area contributed by atoms with Gasteiger partial charge in [-0.15, -0.1) is 0 Å². The summed E-state index contributed by atoms with van der Waals surface area (Å²) in [6.07, 6.45) is 10.0. The molecule has 0 saturated heterocycles. The van der Waals surface area contributed by atoms with Crippen molar-refractivity contribution in [2.45, 2.75) is 44.4 Å². The van der Waals surface area contributed by atoms with Gasteiger partial charge in [0.15, 0.2) is 0 Å². The molecule has 0 unspecified atom stereocenters. The third-order valence-corrected chi connectivity index (χ3v) is 5.55. The van der Waals surface area contributed by atoms with E-state index in [1.54, 1.807) is 0 Å². The van der Waals surface area contributed by atoms with Crippen LogP contribution in [-0.2, 0) is 6.42 Å². The molecular weight excluding hydrogens is 278 g/mol. The maximum absolute atomic E-state index is 3.90. The molecule has 118 valence electrons. The lowest BCUT2D eigenvalue weighted by atomic mass is 9.83. The summed E-state index contributed by atoms with van der Waals surface area (Å²) in [6, 6.07) is 16.2. The van der Waals surface area contributed by atoms with E-state index in [2.05, 4.69) is 53.9 Å². The third-order valence-electron chi connectivity index (χ3n) is 5.55. The molecule has 1 saturated carbocycles. The van der Waals surface area contributed by atoms with Gasteiger partial charge in [0.1, 0.15) is 0 Å². The zero-order valence-corrected chi connectivity index (χ0v) is 13.8. The first-order valence-corrected chi connectivity index (χ1v) is 8.97. The van der Waals surface area contributed by atoms with Crippen LogP contribution in [0, 0.1) is 0 Å².